The molecule has 0 heterocycles. The largest absolute Gasteiger partial charge is 0.465 e. The van der Waals surface area contributed by atoms with Gasteiger partial charge in [-0.15, -0.1) is 0 Å². The van der Waals surface area contributed by atoms with E-state index in [0.717, 1.165) is 5.56 Å². The minimum Gasteiger partial charge on any atom is -0.465 e. The second kappa shape index (κ2) is 5.09. The van der Waals surface area contributed by atoms with Crippen molar-refractivity contribution in [3.05, 3.63) is 35.9 Å². The van der Waals surface area contributed by atoms with Gasteiger partial charge < -0.3 is 15.1 Å². The van der Waals surface area contributed by atoms with Gasteiger partial charge in [-0.1, -0.05) is 44.2 Å². The lowest BCUT2D eigenvalue weighted by molar-refractivity contribution is -0.0516. The Morgan fingerprint density at radius 1 is 1.30 bits per heavy atom. The van der Waals surface area contributed by atoms with Crippen molar-refractivity contribution >= 4 is 6.09 Å². The maximum absolute atomic E-state index is 11.6. The van der Waals surface area contributed by atoms with Gasteiger partial charge in [-0.2, -0.15) is 0 Å². The van der Waals surface area contributed by atoms with Gasteiger partial charge in [0.05, 0.1) is 5.60 Å². The van der Waals surface area contributed by atoms with E-state index < -0.39 is 17.1 Å². The van der Waals surface area contributed by atoms with E-state index in [1.807, 2.05) is 44.2 Å². The maximum atomic E-state index is 11.6. The molecule has 1 aromatic rings. The molecule has 1 amide bonds. The average molecular weight is 277 g/mol. The van der Waals surface area contributed by atoms with Crippen molar-refractivity contribution in [2.75, 3.05) is 0 Å². The molecule has 4 nitrogen and oxygen atoms in total. The Balaban J connectivity index is 2.25. The van der Waals surface area contributed by atoms with Crippen LogP contribution < -0.4 is 0 Å². The molecule has 2 N–H and O–H groups in total. The summed E-state index contributed by atoms with van der Waals surface area (Å²) in [5.74, 6) is 0. The smallest absolute Gasteiger partial charge is 0.407 e. The summed E-state index contributed by atoms with van der Waals surface area (Å²) in [6, 6.07) is 9.41. The molecule has 20 heavy (non-hydrogen) atoms. The van der Waals surface area contributed by atoms with Crippen LogP contribution in [0.5, 0.6) is 0 Å². The first kappa shape index (κ1) is 14.9. The lowest BCUT2D eigenvalue weighted by Gasteiger charge is -2.41. The van der Waals surface area contributed by atoms with Gasteiger partial charge in [-0.25, -0.2) is 4.79 Å². The number of hydrogen-bond donors (Lipinski definition) is 2. The average Bonchev–Trinajstić information content (AvgIpc) is 2.58. The Labute approximate surface area is 120 Å². The second-order valence-electron chi connectivity index (χ2n) is 6.45. The van der Waals surface area contributed by atoms with E-state index in [4.69, 9.17) is 0 Å². The topological polar surface area (TPSA) is 60.8 Å². The van der Waals surface area contributed by atoms with E-state index >= 15 is 0 Å². The van der Waals surface area contributed by atoms with E-state index in [9.17, 15) is 15.0 Å². The second-order valence-corrected chi connectivity index (χ2v) is 6.45. The first-order valence-corrected chi connectivity index (χ1v) is 7.01. The van der Waals surface area contributed by atoms with Crippen molar-refractivity contribution in [2.24, 2.45) is 5.41 Å². The Bertz CT molecular complexity index is 482. The van der Waals surface area contributed by atoms with Gasteiger partial charge in [0.1, 0.15) is 0 Å². The molecule has 0 spiro atoms. The van der Waals surface area contributed by atoms with Crippen LogP contribution in [0.2, 0.25) is 0 Å². The maximum Gasteiger partial charge on any atom is 0.407 e. The molecule has 0 saturated heterocycles. The summed E-state index contributed by atoms with van der Waals surface area (Å²) in [4.78, 5) is 13.1. The Morgan fingerprint density at radius 3 is 2.35 bits per heavy atom. The van der Waals surface area contributed by atoms with Crippen molar-refractivity contribution in [1.29, 1.82) is 0 Å². The molecule has 1 saturated carbocycles. The number of nitrogens with zero attached hydrogens (tertiary/aromatic N) is 1. The minimum absolute atomic E-state index is 0.171. The van der Waals surface area contributed by atoms with Gasteiger partial charge in [-0.05, 0) is 25.3 Å². The molecular formula is C16H23NO3. The predicted octanol–water partition coefficient (Wildman–Crippen LogP) is 3.11. The van der Waals surface area contributed by atoms with E-state index in [2.05, 4.69) is 0 Å². The van der Waals surface area contributed by atoms with Crippen LogP contribution in [0.15, 0.2) is 30.3 Å². The zero-order valence-electron chi connectivity index (χ0n) is 12.3. The number of benzene rings is 1. The number of aliphatic hydroxyl groups is 1. The zero-order chi connectivity index (χ0) is 15.0. The summed E-state index contributed by atoms with van der Waals surface area (Å²) in [6.07, 6.45) is 0.396. The quantitative estimate of drug-likeness (QED) is 0.892. The molecule has 0 aliphatic heterocycles. The van der Waals surface area contributed by atoms with Crippen LogP contribution in [-0.2, 0) is 6.54 Å². The molecule has 1 aliphatic carbocycles. The summed E-state index contributed by atoms with van der Waals surface area (Å²) >= 11 is 0. The normalized spacial score (nSPS) is 28.3. The molecule has 4 heteroatoms. The number of carboxylic acid groups (broad SMARTS) is 1. The lowest BCUT2D eigenvalue weighted by atomic mass is 9.76. The Kier molecular flexibility index (Phi) is 3.78. The summed E-state index contributed by atoms with van der Waals surface area (Å²) in [5.41, 5.74) is -0.320. The van der Waals surface area contributed by atoms with Crippen LogP contribution in [0, 0.1) is 5.41 Å². The highest BCUT2D eigenvalue weighted by Crippen LogP contribution is 2.48. The van der Waals surface area contributed by atoms with Gasteiger partial charge in [0, 0.05) is 18.0 Å². The summed E-state index contributed by atoms with van der Waals surface area (Å²) in [6.45, 7) is 6.06. The Hall–Kier alpha value is -1.55. The molecular weight excluding hydrogens is 254 g/mol. The van der Waals surface area contributed by atoms with Crippen LogP contribution in [0.3, 0.4) is 0 Å². The molecule has 1 aliphatic rings. The van der Waals surface area contributed by atoms with Gasteiger partial charge in [0.15, 0.2) is 0 Å². The molecule has 1 aromatic carbocycles. The zero-order valence-corrected chi connectivity index (χ0v) is 12.3. The SMILES string of the molecule is CC1(C)[C@@H](N(Cc2ccccc2)C(=O)O)CC[C@]1(C)O. The third-order valence-corrected chi connectivity index (χ3v) is 4.94. The number of rotatable bonds is 3. The highest BCUT2D eigenvalue weighted by Gasteiger charge is 2.53. The van der Waals surface area contributed by atoms with Crippen LogP contribution in [0.25, 0.3) is 0 Å². The van der Waals surface area contributed by atoms with Crippen molar-refractivity contribution < 1.29 is 15.0 Å². The summed E-state index contributed by atoms with van der Waals surface area (Å²) in [7, 11) is 0. The van der Waals surface area contributed by atoms with Crippen LogP contribution in [0.1, 0.15) is 39.2 Å². The molecule has 110 valence electrons. The molecule has 1 fully saturated rings. The first-order valence-electron chi connectivity index (χ1n) is 7.01. The van der Waals surface area contributed by atoms with Crippen molar-refractivity contribution in [1.82, 2.24) is 4.90 Å². The summed E-state index contributed by atoms with van der Waals surface area (Å²) in [5, 5.41) is 20.0. The molecule has 2 atom stereocenters. The van der Waals surface area contributed by atoms with Crippen LogP contribution in [-0.4, -0.2) is 32.8 Å². The monoisotopic (exact) mass is 277 g/mol. The molecule has 0 radical (unpaired) electrons. The fourth-order valence-electron chi connectivity index (χ4n) is 3.10. The number of hydrogen-bond acceptors (Lipinski definition) is 2. The van der Waals surface area contributed by atoms with E-state index in [0.29, 0.717) is 19.4 Å². The van der Waals surface area contributed by atoms with Gasteiger partial charge in [0.2, 0.25) is 0 Å². The van der Waals surface area contributed by atoms with Crippen molar-refractivity contribution in [2.45, 2.75) is 51.8 Å². The highest BCUT2D eigenvalue weighted by molar-refractivity contribution is 5.65. The minimum atomic E-state index is -0.926. The molecule has 2 rings (SSSR count). The number of amides is 1. The molecule has 0 bridgehead atoms. The highest BCUT2D eigenvalue weighted by atomic mass is 16.4. The first-order chi connectivity index (χ1) is 9.25. The fourth-order valence-corrected chi connectivity index (χ4v) is 3.10. The fraction of sp³-hybridized carbons (Fsp3) is 0.562. The summed E-state index contributed by atoms with van der Waals surface area (Å²) < 4.78 is 0. The van der Waals surface area contributed by atoms with Crippen LogP contribution >= 0.6 is 0 Å². The molecule has 0 aromatic heterocycles. The van der Waals surface area contributed by atoms with E-state index in [1.54, 1.807) is 6.92 Å². The lowest BCUT2D eigenvalue weighted by Crippen LogP contribution is -2.51. The Morgan fingerprint density at radius 2 is 1.90 bits per heavy atom. The van der Waals surface area contributed by atoms with Crippen LogP contribution in [0.4, 0.5) is 4.79 Å². The van der Waals surface area contributed by atoms with Gasteiger partial charge >= 0.3 is 6.09 Å². The standard InChI is InChI=1S/C16H23NO3/c1-15(2)13(9-10-16(15,3)20)17(14(18)19)11-12-7-5-4-6-8-12/h4-8,13,20H,9-11H2,1-3H3,(H,18,19)/t13-,16-/m0/s1. The van der Waals surface area contributed by atoms with Gasteiger partial charge in [-0.3, -0.25) is 0 Å². The van der Waals surface area contributed by atoms with E-state index in [-0.39, 0.29) is 6.04 Å². The van der Waals surface area contributed by atoms with Gasteiger partial charge in [0.25, 0.3) is 0 Å². The third-order valence-electron chi connectivity index (χ3n) is 4.94. The predicted molar refractivity (Wildman–Crippen MR) is 77.4 cm³/mol. The third kappa shape index (κ3) is 2.52. The number of carbonyl (C=O) groups is 1. The molecule has 0 unspecified atom stereocenters. The van der Waals surface area contributed by atoms with E-state index in [1.165, 1.54) is 4.90 Å². The van der Waals surface area contributed by atoms with Crippen molar-refractivity contribution in [3.63, 3.8) is 0 Å². The van der Waals surface area contributed by atoms with Crippen molar-refractivity contribution in [3.8, 4) is 0 Å².